The number of hydrogen-bond acceptors (Lipinski definition) is 2. The topological polar surface area (TPSA) is 39.2 Å². The third-order valence-corrected chi connectivity index (χ3v) is 2.95. The highest BCUT2D eigenvalue weighted by atomic mass is 35.5. The highest BCUT2D eigenvalue weighted by Gasteiger charge is 2.14. The van der Waals surface area contributed by atoms with Crippen LogP contribution in [0.5, 0.6) is 0 Å². The number of aryl methyl sites for hydroxylation is 1. The fourth-order valence-electron chi connectivity index (χ4n) is 1.62. The van der Waals surface area contributed by atoms with Crippen molar-refractivity contribution in [3.8, 4) is 0 Å². The van der Waals surface area contributed by atoms with E-state index in [2.05, 4.69) is 0 Å². The minimum atomic E-state index is -0.470. The molecule has 0 fully saturated rings. The molecule has 4 heteroatoms. The van der Waals surface area contributed by atoms with Crippen LogP contribution in [0, 0.1) is 5.82 Å². The molecule has 2 aromatic rings. The van der Waals surface area contributed by atoms with Gasteiger partial charge in [-0.2, -0.15) is 0 Å². The molecule has 0 aliphatic carbocycles. The summed E-state index contributed by atoms with van der Waals surface area (Å²) >= 11 is 5.62. The Morgan fingerprint density at radius 3 is 2.71 bits per heavy atom. The summed E-state index contributed by atoms with van der Waals surface area (Å²) in [6, 6.07) is 7.75. The van der Waals surface area contributed by atoms with Crippen LogP contribution in [0.4, 0.5) is 4.39 Å². The molecule has 2 rings (SSSR count). The number of benzene rings is 1. The Labute approximate surface area is 104 Å². The lowest BCUT2D eigenvalue weighted by Gasteiger charge is -2.09. The molecule has 1 atom stereocenters. The van der Waals surface area contributed by atoms with Gasteiger partial charge in [0, 0.05) is 6.42 Å². The molecule has 1 aromatic carbocycles. The first-order chi connectivity index (χ1) is 8.11. The molecule has 0 spiro atoms. The molecule has 0 saturated heterocycles. The van der Waals surface area contributed by atoms with Crippen molar-refractivity contribution in [2.75, 3.05) is 0 Å². The molecular weight excluding hydrogens is 241 g/mol. The highest BCUT2D eigenvalue weighted by molar-refractivity contribution is 6.30. The number of nitrogens with two attached hydrogens (primary N) is 1. The van der Waals surface area contributed by atoms with Crippen molar-refractivity contribution < 1.29 is 8.81 Å². The molecule has 0 aliphatic rings. The van der Waals surface area contributed by atoms with Crippen LogP contribution in [0.1, 0.15) is 30.0 Å². The van der Waals surface area contributed by atoms with E-state index in [0.29, 0.717) is 11.3 Å². The summed E-state index contributed by atoms with van der Waals surface area (Å²) in [6.45, 7) is 2.00. The molecule has 0 bridgehead atoms. The van der Waals surface area contributed by atoms with Crippen molar-refractivity contribution in [1.82, 2.24) is 0 Å². The fourth-order valence-corrected chi connectivity index (χ4v) is 1.74. The first-order valence-corrected chi connectivity index (χ1v) is 5.78. The van der Waals surface area contributed by atoms with E-state index in [1.54, 1.807) is 6.07 Å². The number of halogens is 2. The normalized spacial score (nSPS) is 12.7. The molecule has 0 amide bonds. The number of hydrogen-bond donors (Lipinski definition) is 1. The van der Waals surface area contributed by atoms with Crippen LogP contribution in [0.3, 0.4) is 0 Å². The maximum Gasteiger partial charge on any atom is 0.142 e. The van der Waals surface area contributed by atoms with E-state index in [-0.39, 0.29) is 5.02 Å². The first-order valence-electron chi connectivity index (χ1n) is 5.41. The van der Waals surface area contributed by atoms with Crippen LogP contribution in [-0.4, -0.2) is 0 Å². The monoisotopic (exact) mass is 253 g/mol. The summed E-state index contributed by atoms with van der Waals surface area (Å²) in [5, 5.41) is 0.0923. The molecule has 1 heterocycles. The zero-order valence-corrected chi connectivity index (χ0v) is 10.2. The highest BCUT2D eigenvalue weighted by Crippen LogP contribution is 2.25. The SMILES string of the molecule is CCc1ccc(C(N)c2ccc(Cl)c(F)c2)o1. The summed E-state index contributed by atoms with van der Waals surface area (Å²) in [6.07, 6.45) is 0.807. The summed E-state index contributed by atoms with van der Waals surface area (Å²) in [4.78, 5) is 0. The summed E-state index contributed by atoms with van der Waals surface area (Å²) in [7, 11) is 0. The van der Waals surface area contributed by atoms with E-state index >= 15 is 0 Å². The summed E-state index contributed by atoms with van der Waals surface area (Å²) in [5.74, 6) is 1.02. The molecule has 0 aliphatic heterocycles. The maximum absolute atomic E-state index is 13.3. The molecule has 1 aromatic heterocycles. The lowest BCUT2D eigenvalue weighted by atomic mass is 10.1. The van der Waals surface area contributed by atoms with Gasteiger partial charge in [0.1, 0.15) is 17.3 Å². The zero-order valence-electron chi connectivity index (χ0n) is 9.41. The molecular formula is C13H13ClFNO. The van der Waals surface area contributed by atoms with Gasteiger partial charge in [0.25, 0.3) is 0 Å². The summed E-state index contributed by atoms with van der Waals surface area (Å²) < 4.78 is 18.8. The zero-order chi connectivity index (χ0) is 12.4. The predicted molar refractivity (Wildman–Crippen MR) is 65.5 cm³/mol. The van der Waals surface area contributed by atoms with Gasteiger partial charge in [-0.3, -0.25) is 0 Å². The van der Waals surface area contributed by atoms with Gasteiger partial charge in [0.2, 0.25) is 0 Å². The molecule has 0 radical (unpaired) electrons. The lowest BCUT2D eigenvalue weighted by molar-refractivity contribution is 0.453. The molecule has 2 nitrogen and oxygen atoms in total. The fraction of sp³-hybridized carbons (Fsp3) is 0.231. The quantitative estimate of drug-likeness (QED) is 0.906. The Balaban J connectivity index is 2.29. The predicted octanol–water partition coefficient (Wildman–Crippen LogP) is 3.68. The third-order valence-electron chi connectivity index (χ3n) is 2.64. The lowest BCUT2D eigenvalue weighted by Crippen LogP contribution is -2.11. The van der Waals surface area contributed by atoms with Gasteiger partial charge in [-0.05, 0) is 29.8 Å². The second-order valence-electron chi connectivity index (χ2n) is 3.81. The van der Waals surface area contributed by atoms with E-state index in [1.165, 1.54) is 12.1 Å². The molecule has 90 valence electrons. The van der Waals surface area contributed by atoms with Gasteiger partial charge >= 0.3 is 0 Å². The van der Waals surface area contributed by atoms with Crippen LogP contribution in [0.2, 0.25) is 5.02 Å². The van der Waals surface area contributed by atoms with Crippen molar-refractivity contribution in [3.63, 3.8) is 0 Å². The average Bonchev–Trinajstić information content (AvgIpc) is 2.80. The average molecular weight is 254 g/mol. The molecule has 0 saturated carbocycles. The minimum absolute atomic E-state index is 0.0923. The van der Waals surface area contributed by atoms with Crippen molar-refractivity contribution in [3.05, 3.63) is 58.3 Å². The van der Waals surface area contributed by atoms with Crippen molar-refractivity contribution in [2.24, 2.45) is 5.73 Å². The van der Waals surface area contributed by atoms with Gasteiger partial charge in [0.15, 0.2) is 0 Å². The van der Waals surface area contributed by atoms with E-state index in [0.717, 1.165) is 12.2 Å². The van der Waals surface area contributed by atoms with Gasteiger partial charge in [0.05, 0.1) is 11.1 Å². The van der Waals surface area contributed by atoms with Crippen LogP contribution in [0.25, 0.3) is 0 Å². The van der Waals surface area contributed by atoms with Gasteiger partial charge in [-0.1, -0.05) is 24.6 Å². The third kappa shape index (κ3) is 2.51. The Bertz CT molecular complexity index is 524. The van der Waals surface area contributed by atoms with Gasteiger partial charge < -0.3 is 10.2 Å². The van der Waals surface area contributed by atoms with E-state index < -0.39 is 11.9 Å². The van der Waals surface area contributed by atoms with E-state index in [4.69, 9.17) is 21.8 Å². The Morgan fingerprint density at radius 1 is 1.35 bits per heavy atom. The second kappa shape index (κ2) is 4.90. The van der Waals surface area contributed by atoms with Crippen molar-refractivity contribution >= 4 is 11.6 Å². The molecule has 2 N–H and O–H groups in total. The molecule has 17 heavy (non-hydrogen) atoms. The first kappa shape index (κ1) is 12.1. The smallest absolute Gasteiger partial charge is 0.142 e. The van der Waals surface area contributed by atoms with Gasteiger partial charge in [-0.15, -0.1) is 0 Å². The number of rotatable bonds is 3. The van der Waals surface area contributed by atoms with Crippen LogP contribution >= 0.6 is 11.6 Å². The van der Waals surface area contributed by atoms with E-state index in [1.807, 2.05) is 19.1 Å². The van der Waals surface area contributed by atoms with Crippen LogP contribution in [0.15, 0.2) is 34.7 Å². The Hall–Kier alpha value is -1.32. The second-order valence-corrected chi connectivity index (χ2v) is 4.22. The molecule has 1 unspecified atom stereocenters. The standard InChI is InChI=1S/C13H13ClFNO/c1-2-9-4-6-12(17-9)13(16)8-3-5-10(14)11(15)7-8/h3-7,13H,2,16H2,1H3. The Kier molecular flexibility index (Phi) is 3.50. The van der Waals surface area contributed by atoms with Crippen molar-refractivity contribution in [2.45, 2.75) is 19.4 Å². The number of furan rings is 1. The van der Waals surface area contributed by atoms with Crippen LogP contribution in [-0.2, 0) is 6.42 Å². The summed E-state index contributed by atoms with van der Waals surface area (Å²) in [5.41, 5.74) is 6.64. The Morgan fingerprint density at radius 2 is 2.12 bits per heavy atom. The van der Waals surface area contributed by atoms with Gasteiger partial charge in [-0.25, -0.2) is 4.39 Å². The van der Waals surface area contributed by atoms with Crippen LogP contribution < -0.4 is 5.73 Å². The largest absolute Gasteiger partial charge is 0.464 e. The van der Waals surface area contributed by atoms with Crippen molar-refractivity contribution in [1.29, 1.82) is 0 Å². The minimum Gasteiger partial charge on any atom is -0.464 e. The maximum atomic E-state index is 13.3. The van der Waals surface area contributed by atoms with E-state index in [9.17, 15) is 4.39 Å².